The van der Waals surface area contributed by atoms with Crippen LogP contribution in [0.15, 0.2) is 58.0 Å². The summed E-state index contributed by atoms with van der Waals surface area (Å²) in [5.41, 5.74) is 2.17. The molecule has 1 aliphatic heterocycles. The second kappa shape index (κ2) is 7.17. The predicted molar refractivity (Wildman–Crippen MR) is 111 cm³/mol. The van der Waals surface area contributed by atoms with E-state index in [2.05, 4.69) is 24.8 Å². The Labute approximate surface area is 188 Å². The molecule has 1 saturated carbocycles. The van der Waals surface area contributed by atoms with Crippen molar-refractivity contribution in [1.29, 1.82) is 0 Å². The lowest BCUT2D eigenvalue weighted by molar-refractivity contribution is -0.274. The monoisotopic (exact) mass is 471 g/mol. The van der Waals surface area contributed by atoms with Crippen LogP contribution in [0.2, 0.25) is 0 Å². The molecule has 4 aromatic rings. The van der Waals surface area contributed by atoms with Gasteiger partial charge >= 0.3 is 6.36 Å². The molecular formula is C21H16F3N7O3. The molecule has 0 radical (unpaired) electrons. The summed E-state index contributed by atoms with van der Waals surface area (Å²) in [4.78, 5) is 27.2. The lowest BCUT2D eigenvalue weighted by Gasteiger charge is -2.19. The van der Waals surface area contributed by atoms with E-state index in [1.54, 1.807) is 17.7 Å². The Morgan fingerprint density at radius 1 is 1.24 bits per heavy atom. The van der Waals surface area contributed by atoms with E-state index in [1.165, 1.54) is 35.4 Å². The molecule has 1 fully saturated rings. The van der Waals surface area contributed by atoms with Gasteiger partial charge in [-0.25, -0.2) is 9.97 Å². The Morgan fingerprint density at radius 2 is 2.06 bits per heavy atom. The second-order valence-corrected chi connectivity index (χ2v) is 8.16. The van der Waals surface area contributed by atoms with Gasteiger partial charge in [-0.2, -0.15) is 4.98 Å². The molecule has 174 valence electrons. The summed E-state index contributed by atoms with van der Waals surface area (Å²) in [6.45, 7) is 0.661. The van der Waals surface area contributed by atoms with E-state index in [9.17, 15) is 18.0 Å². The summed E-state index contributed by atoms with van der Waals surface area (Å²) < 4.78 is 49.8. The molecule has 0 unspecified atom stereocenters. The van der Waals surface area contributed by atoms with Crippen LogP contribution in [0.3, 0.4) is 0 Å². The molecule has 2 aliphatic rings. The van der Waals surface area contributed by atoms with E-state index >= 15 is 0 Å². The fourth-order valence-electron chi connectivity index (χ4n) is 4.33. The molecule has 6 rings (SSSR count). The van der Waals surface area contributed by atoms with Crippen LogP contribution < -0.4 is 15.2 Å². The minimum Gasteiger partial charge on any atom is -0.406 e. The van der Waals surface area contributed by atoms with Crippen LogP contribution in [0, 0.1) is 5.92 Å². The maximum atomic E-state index is 12.7. The van der Waals surface area contributed by atoms with Gasteiger partial charge in [0.25, 0.3) is 5.56 Å². The smallest absolute Gasteiger partial charge is 0.406 e. The minimum atomic E-state index is -4.74. The van der Waals surface area contributed by atoms with E-state index in [0.29, 0.717) is 29.2 Å². The summed E-state index contributed by atoms with van der Waals surface area (Å²) in [5, 5.41) is 4.06. The number of benzene rings is 1. The number of rotatable bonds is 5. The van der Waals surface area contributed by atoms with Crippen molar-refractivity contribution in [2.45, 2.75) is 18.8 Å². The molecular weight excluding hydrogens is 455 g/mol. The van der Waals surface area contributed by atoms with Crippen LogP contribution in [0.4, 0.5) is 18.9 Å². The van der Waals surface area contributed by atoms with Crippen LogP contribution in [0.25, 0.3) is 11.2 Å². The van der Waals surface area contributed by atoms with Crippen molar-refractivity contribution in [3.8, 4) is 5.75 Å². The maximum absolute atomic E-state index is 12.7. The molecule has 0 amide bonds. The minimum absolute atomic E-state index is 0.0160. The van der Waals surface area contributed by atoms with Gasteiger partial charge in [0.1, 0.15) is 18.6 Å². The van der Waals surface area contributed by atoms with E-state index in [0.717, 1.165) is 5.57 Å². The molecule has 1 aliphatic carbocycles. The van der Waals surface area contributed by atoms with Crippen molar-refractivity contribution in [1.82, 2.24) is 29.2 Å². The van der Waals surface area contributed by atoms with Gasteiger partial charge in [0.05, 0.1) is 12.2 Å². The number of anilines is 1. The van der Waals surface area contributed by atoms with E-state index in [-0.39, 0.29) is 35.6 Å². The number of nitrogens with zero attached hydrogens (tertiary/aromatic N) is 7. The molecule has 4 heterocycles. The summed E-state index contributed by atoms with van der Waals surface area (Å²) in [5.74, 6) is 0.658. The van der Waals surface area contributed by atoms with Crippen molar-refractivity contribution < 1.29 is 22.4 Å². The zero-order chi connectivity index (χ0) is 23.6. The molecule has 0 saturated heterocycles. The van der Waals surface area contributed by atoms with Crippen LogP contribution in [0.5, 0.6) is 5.75 Å². The van der Waals surface area contributed by atoms with Crippen LogP contribution in [-0.2, 0) is 13.6 Å². The van der Waals surface area contributed by atoms with Gasteiger partial charge in [0.2, 0.25) is 5.89 Å². The largest absolute Gasteiger partial charge is 0.573 e. The Morgan fingerprint density at radius 3 is 2.82 bits per heavy atom. The summed E-state index contributed by atoms with van der Waals surface area (Å²) in [6.07, 6.45) is 0.0697. The third-order valence-corrected chi connectivity index (χ3v) is 5.93. The zero-order valence-corrected chi connectivity index (χ0v) is 17.6. The Balaban J connectivity index is 1.17. The number of aryl methyl sites for hydroxylation is 1. The standard InChI is InChI=1S/C21H16F3N7O3/c1-29-9-25-19-17(29)20(32)31(10-26-19)8-15-27-18(28-34-15)16-13-6-30(7-14(13)16)11-3-2-4-12(5-11)33-21(22,23)24/h2-6,9-10,14,16H,7-8H2,1H3/t14-,16-/m1/s1. The first-order valence-corrected chi connectivity index (χ1v) is 10.3. The number of ether oxygens (including phenoxy) is 1. The van der Waals surface area contributed by atoms with Gasteiger partial charge in [0.15, 0.2) is 17.0 Å². The second-order valence-electron chi connectivity index (χ2n) is 8.16. The molecule has 1 aromatic carbocycles. The lowest BCUT2D eigenvalue weighted by atomic mass is 10.2. The Kier molecular flexibility index (Phi) is 4.31. The van der Waals surface area contributed by atoms with Crippen LogP contribution >= 0.6 is 0 Å². The molecule has 13 heteroatoms. The summed E-state index contributed by atoms with van der Waals surface area (Å²) in [6, 6.07) is 5.85. The summed E-state index contributed by atoms with van der Waals surface area (Å²) in [7, 11) is 1.72. The first-order chi connectivity index (χ1) is 16.3. The van der Waals surface area contributed by atoms with Gasteiger partial charge in [0, 0.05) is 37.5 Å². The molecule has 2 atom stereocenters. The first kappa shape index (κ1) is 20.4. The number of hydrogen-bond donors (Lipinski definition) is 0. The number of fused-ring (bicyclic) bond motifs is 2. The Bertz CT molecular complexity index is 1500. The number of hydrogen-bond acceptors (Lipinski definition) is 8. The van der Waals surface area contributed by atoms with Crippen molar-refractivity contribution in [2.24, 2.45) is 13.0 Å². The fraction of sp³-hybridized carbons (Fsp3) is 0.286. The van der Waals surface area contributed by atoms with Gasteiger partial charge in [-0.3, -0.25) is 9.36 Å². The van der Waals surface area contributed by atoms with Crippen LogP contribution in [0.1, 0.15) is 17.6 Å². The highest BCUT2D eigenvalue weighted by molar-refractivity contribution is 5.68. The van der Waals surface area contributed by atoms with E-state index in [4.69, 9.17) is 4.52 Å². The normalized spacial score (nSPS) is 19.4. The number of imidazole rings is 1. The van der Waals surface area contributed by atoms with Gasteiger partial charge in [-0.1, -0.05) is 11.2 Å². The molecule has 10 nitrogen and oxygen atoms in total. The van der Waals surface area contributed by atoms with Gasteiger partial charge < -0.3 is 18.7 Å². The van der Waals surface area contributed by atoms with Gasteiger partial charge in [-0.15, -0.1) is 13.2 Å². The van der Waals surface area contributed by atoms with Crippen molar-refractivity contribution in [2.75, 3.05) is 11.4 Å². The van der Waals surface area contributed by atoms with Crippen molar-refractivity contribution in [3.05, 3.63) is 70.8 Å². The highest BCUT2D eigenvalue weighted by Gasteiger charge is 2.52. The third kappa shape index (κ3) is 3.49. The average molecular weight is 471 g/mol. The third-order valence-electron chi connectivity index (χ3n) is 5.93. The topological polar surface area (TPSA) is 104 Å². The molecule has 0 spiro atoms. The highest BCUT2D eigenvalue weighted by atomic mass is 19.4. The molecule has 0 N–H and O–H groups in total. The quantitative estimate of drug-likeness (QED) is 0.438. The average Bonchev–Trinajstić information content (AvgIpc) is 3.19. The Hall–Kier alpha value is -4.16. The molecule has 34 heavy (non-hydrogen) atoms. The SMILES string of the molecule is Cn1cnc2ncn(Cc3nc([C@@H]4C5=CN(c6cccc(OC(F)(F)F)c6)C[C@H]54)no3)c(=O)c21. The number of alkyl halides is 3. The van der Waals surface area contributed by atoms with Crippen molar-refractivity contribution in [3.63, 3.8) is 0 Å². The summed E-state index contributed by atoms with van der Waals surface area (Å²) >= 11 is 0. The molecule has 0 bridgehead atoms. The fourth-order valence-corrected chi connectivity index (χ4v) is 4.33. The lowest BCUT2D eigenvalue weighted by Crippen LogP contribution is -2.22. The first-order valence-electron chi connectivity index (χ1n) is 10.3. The number of halogens is 3. The molecule has 3 aromatic heterocycles. The zero-order valence-electron chi connectivity index (χ0n) is 17.6. The van der Waals surface area contributed by atoms with Crippen LogP contribution in [-0.4, -0.2) is 42.1 Å². The predicted octanol–water partition coefficient (Wildman–Crippen LogP) is 2.58. The van der Waals surface area contributed by atoms with E-state index in [1.807, 2.05) is 11.1 Å². The van der Waals surface area contributed by atoms with Gasteiger partial charge in [-0.05, 0) is 17.7 Å². The van der Waals surface area contributed by atoms with Crippen molar-refractivity contribution >= 4 is 16.9 Å². The highest BCUT2D eigenvalue weighted by Crippen LogP contribution is 2.56. The number of aromatic nitrogens is 6. The van der Waals surface area contributed by atoms with E-state index < -0.39 is 6.36 Å². The maximum Gasteiger partial charge on any atom is 0.573 e.